The number of aromatic nitrogens is 1. The third-order valence-electron chi connectivity index (χ3n) is 4.51. The van der Waals surface area contributed by atoms with E-state index < -0.39 is 0 Å². The average molecular weight is 377 g/mol. The van der Waals surface area contributed by atoms with Crippen LogP contribution in [0, 0.1) is 0 Å². The van der Waals surface area contributed by atoms with Gasteiger partial charge in [-0.25, -0.2) is 0 Å². The van der Waals surface area contributed by atoms with Gasteiger partial charge in [-0.15, -0.1) is 11.3 Å². The molecule has 2 aromatic carbocycles. The van der Waals surface area contributed by atoms with Crippen LogP contribution in [0.5, 0.6) is 0 Å². The standard InChI is InChI=1S/C21H19N3O2S/c1-2-15-10-11-17(27-15)19-18(20(22)26-24-19)21(25)23-12-14-8-5-7-13-6-3-4-9-16(13)14/h3-11H,2,12,22H2,1H3,(H,23,25). The number of nitrogens with zero attached hydrogens (tertiary/aromatic N) is 1. The number of benzene rings is 2. The minimum atomic E-state index is -0.289. The lowest BCUT2D eigenvalue weighted by Crippen LogP contribution is -2.23. The average Bonchev–Trinajstić information content (AvgIpc) is 3.32. The van der Waals surface area contributed by atoms with Crippen molar-refractivity contribution in [2.24, 2.45) is 0 Å². The zero-order chi connectivity index (χ0) is 18.8. The fourth-order valence-electron chi connectivity index (χ4n) is 3.10. The molecule has 0 fully saturated rings. The Kier molecular flexibility index (Phi) is 4.64. The number of nitrogens with one attached hydrogen (secondary N) is 1. The van der Waals surface area contributed by atoms with Crippen LogP contribution >= 0.6 is 11.3 Å². The van der Waals surface area contributed by atoms with Gasteiger partial charge >= 0.3 is 0 Å². The molecule has 2 heterocycles. The van der Waals surface area contributed by atoms with Crippen LogP contribution in [0.3, 0.4) is 0 Å². The highest BCUT2D eigenvalue weighted by Crippen LogP contribution is 2.32. The number of nitrogen functional groups attached to an aromatic ring is 1. The smallest absolute Gasteiger partial charge is 0.259 e. The molecule has 3 N–H and O–H groups in total. The molecule has 4 rings (SSSR count). The maximum Gasteiger partial charge on any atom is 0.259 e. The van der Waals surface area contributed by atoms with Gasteiger partial charge in [0.2, 0.25) is 5.88 Å². The van der Waals surface area contributed by atoms with Gasteiger partial charge in [-0.05, 0) is 34.9 Å². The Labute approximate surface area is 160 Å². The molecule has 4 aromatic rings. The van der Waals surface area contributed by atoms with E-state index in [2.05, 4.69) is 29.5 Å². The molecule has 0 unspecified atom stereocenters. The van der Waals surface area contributed by atoms with Crippen LogP contribution < -0.4 is 11.1 Å². The van der Waals surface area contributed by atoms with E-state index in [0.29, 0.717) is 17.8 Å². The van der Waals surface area contributed by atoms with Crippen molar-refractivity contribution in [3.05, 3.63) is 70.6 Å². The summed E-state index contributed by atoms with van der Waals surface area (Å²) in [5.74, 6) is -0.255. The first kappa shape index (κ1) is 17.3. The predicted molar refractivity (Wildman–Crippen MR) is 109 cm³/mol. The number of rotatable bonds is 5. The molecule has 0 spiro atoms. The Bertz CT molecular complexity index is 1110. The number of nitrogens with two attached hydrogens (primary N) is 1. The highest BCUT2D eigenvalue weighted by atomic mass is 32.1. The third-order valence-corrected chi connectivity index (χ3v) is 5.74. The number of amides is 1. The highest BCUT2D eigenvalue weighted by molar-refractivity contribution is 7.15. The van der Waals surface area contributed by atoms with E-state index in [0.717, 1.165) is 27.6 Å². The van der Waals surface area contributed by atoms with Crippen molar-refractivity contribution in [1.29, 1.82) is 0 Å². The van der Waals surface area contributed by atoms with Crippen LogP contribution in [-0.2, 0) is 13.0 Å². The van der Waals surface area contributed by atoms with Crippen molar-refractivity contribution in [2.75, 3.05) is 5.73 Å². The van der Waals surface area contributed by atoms with Crippen molar-refractivity contribution < 1.29 is 9.32 Å². The number of hydrogen-bond donors (Lipinski definition) is 2. The SMILES string of the molecule is CCc1ccc(-c2noc(N)c2C(=O)NCc2cccc3ccccc23)s1. The molecule has 136 valence electrons. The first-order chi connectivity index (χ1) is 13.2. The van der Waals surface area contributed by atoms with E-state index in [1.165, 1.54) is 4.88 Å². The Balaban J connectivity index is 1.59. The molecule has 0 atom stereocenters. The molecule has 6 heteroatoms. The van der Waals surface area contributed by atoms with Gasteiger partial charge in [-0.2, -0.15) is 0 Å². The lowest BCUT2D eigenvalue weighted by Gasteiger charge is -2.08. The number of carbonyl (C=O) groups excluding carboxylic acids is 1. The number of carbonyl (C=O) groups is 1. The molecule has 0 radical (unpaired) electrons. The minimum absolute atomic E-state index is 0.0341. The van der Waals surface area contributed by atoms with Crippen LogP contribution in [0.1, 0.15) is 27.7 Å². The topological polar surface area (TPSA) is 81.2 Å². The molecule has 0 saturated carbocycles. The van der Waals surface area contributed by atoms with Gasteiger partial charge in [0.15, 0.2) is 0 Å². The molecule has 1 amide bonds. The Hall–Kier alpha value is -3.12. The summed E-state index contributed by atoms with van der Waals surface area (Å²) in [7, 11) is 0. The normalized spacial score (nSPS) is 11.0. The molecule has 5 nitrogen and oxygen atoms in total. The van der Waals surface area contributed by atoms with Gasteiger partial charge in [0.1, 0.15) is 11.3 Å². The fraction of sp³-hybridized carbons (Fsp3) is 0.143. The number of thiophene rings is 1. The van der Waals surface area contributed by atoms with Gasteiger partial charge < -0.3 is 15.6 Å². The predicted octanol–water partition coefficient (Wildman–Crippen LogP) is 4.63. The molecule has 0 aliphatic heterocycles. The molecule has 0 aliphatic carbocycles. The van der Waals surface area contributed by atoms with Crippen LogP contribution in [-0.4, -0.2) is 11.1 Å². The summed E-state index contributed by atoms with van der Waals surface area (Å²) in [4.78, 5) is 14.9. The summed E-state index contributed by atoms with van der Waals surface area (Å²) in [5.41, 5.74) is 7.72. The monoisotopic (exact) mass is 377 g/mol. The van der Waals surface area contributed by atoms with Crippen molar-refractivity contribution in [3.63, 3.8) is 0 Å². The zero-order valence-electron chi connectivity index (χ0n) is 14.9. The Morgan fingerprint density at radius 1 is 1.15 bits per heavy atom. The largest absolute Gasteiger partial charge is 0.367 e. The van der Waals surface area contributed by atoms with E-state index in [9.17, 15) is 4.79 Å². The van der Waals surface area contributed by atoms with Gasteiger partial charge in [-0.3, -0.25) is 4.79 Å². The van der Waals surface area contributed by atoms with Gasteiger partial charge in [-0.1, -0.05) is 54.5 Å². The summed E-state index contributed by atoms with van der Waals surface area (Å²) in [6.07, 6.45) is 0.931. The molecule has 0 aliphatic rings. The van der Waals surface area contributed by atoms with E-state index in [1.807, 2.05) is 42.5 Å². The molecule has 0 saturated heterocycles. The van der Waals surface area contributed by atoms with Crippen molar-refractivity contribution >= 4 is 33.9 Å². The molecular weight excluding hydrogens is 358 g/mol. The number of fused-ring (bicyclic) bond motifs is 1. The lowest BCUT2D eigenvalue weighted by atomic mass is 10.0. The summed E-state index contributed by atoms with van der Waals surface area (Å²) in [5, 5.41) is 9.21. The number of hydrogen-bond acceptors (Lipinski definition) is 5. The summed E-state index contributed by atoms with van der Waals surface area (Å²) in [6.45, 7) is 2.49. The maximum atomic E-state index is 12.8. The van der Waals surface area contributed by atoms with E-state index in [1.54, 1.807) is 11.3 Å². The first-order valence-electron chi connectivity index (χ1n) is 8.76. The second kappa shape index (κ2) is 7.25. The third kappa shape index (κ3) is 3.31. The zero-order valence-corrected chi connectivity index (χ0v) is 15.7. The highest BCUT2D eigenvalue weighted by Gasteiger charge is 2.23. The quantitative estimate of drug-likeness (QED) is 0.531. The molecule has 0 bridgehead atoms. The van der Waals surface area contributed by atoms with E-state index in [4.69, 9.17) is 10.3 Å². The van der Waals surface area contributed by atoms with Crippen LogP contribution in [0.2, 0.25) is 0 Å². The molecule has 2 aromatic heterocycles. The molecular formula is C21H19N3O2S. The molecule has 27 heavy (non-hydrogen) atoms. The summed E-state index contributed by atoms with van der Waals surface area (Å²) >= 11 is 1.59. The number of aryl methyl sites for hydroxylation is 1. The van der Waals surface area contributed by atoms with Crippen LogP contribution in [0.25, 0.3) is 21.3 Å². The fourth-order valence-corrected chi connectivity index (χ4v) is 4.03. The van der Waals surface area contributed by atoms with Gasteiger partial charge in [0.25, 0.3) is 5.91 Å². The van der Waals surface area contributed by atoms with Crippen molar-refractivity contribution in [2.45, 2.75) is 19.9 Å². The van der Waals surface area contributed by atoms with Crippen molar-refractivity contribution in [1.82, 2.24) is 10.5 Å². The summed E-state index contributed by atoms with van der Waals surface area (Å²) in [6, 6.07) is 18.1. The minimum Gasteiger partial charge on any atom is -0.367 e. The summed E-state index contributed by atoms with van der Waals surface area (Å²) < 4.78 is 5.11. The Morgan fingerprint density at radius 2 is 1.96 bits per heavy atom. The van der Waals surface area contributed by atoms with E-state index >= 15 is 0 Å². The van der Waals surface area contributed by atoms with Gasteiger partial charge in [0, 0.05) is 11.4 Å². The maximum absolute atomic E-state index is 12.8. The van der Waals surface area contributed by atoms with E-state index in [-0.39, 0.29) is 11.8 Å². The van der Waals surface area contributed by atoms with Crippen LogP contribution in [0.15, 0.2) is 59.1 Å². The van der Waals surface area contributed by atoms with Gasteiger partial charge in [0.05, 0.1) is 4.88 Å². The number of anilines is 1. The second-order valence-electron chi connectivity index (χ2n) is 6.21. The lowest BCUT2D eigenvalue weighted by molar-refractivity contribution is 0.0952. The first-order valence-corrected chi connectivity index (χ1v) is 9.58. The second-order valence-corrected chi connectivity index (χ2v) is 7.38. The van der Waals surface area contributed by atoms with Crippen molar-refractivity contribution in [3.8, 4) is 10.6 Å². The van der Waals surface area contributed by atoms with Crippen LogP contribution in [0.4, 0.5) is 5.88 Å². The Morgan fingerprint density at radius 3 is 2.78 bits per heavy atom.